The Kier molecular flexibility index (Phi) is 6.33. The maximum atomic E-state index is 2.48. The van der Waals surface area contributed by atoms with Crippen LogP contribution in [0.3, 0.4) is 0 Å². The molecule has 4 heteroatoms. The fourth-order valence-corrected chi connectivity index (χ4v) is 10.7. The highest BCUT2D eigenvalue weighted by Crippen LogP contribution is 2.48. The molecule has 0 radical (unpaired) electrons. The molecule has 0 N–H and O–H groups in total. The first-order valence-corrected chi connectivity index (χ1v) is 16.8. The number of thiophene rings is 4. The summed E-state index contributed by atoms with van der Waals surface area (Å²) in [6.07, 6.45) is 7.96. The van der Waals surface area contributed by atoms with Crippen LogP contribution in [0.4, 0.5) is 0 Å². The van der Waals surface area contributed by atoms with Crippen LogP contribution in [0.15, 0.2) is 66.7 Å². The number of fused-ring (bicyclic) bond motifs is 7. The van der Waals surface area contributed by atoms with Crippen molar-refractivity contribution in [3.63, 3.8) is 0 Å². The maximum absolute atomic E-state index is 2.48. The van der Waals surface area contributed by atoms with Gasteiger partial charge in [-0.05, 0) is 71.5 Å². The standard InChI is InChI=1S/C33H30S4/c1-3-5-9-20(4-2)12-13-24-14-22-15-25-30(18-28(22)34-24)36-33-26-16-23-17-27(21-10-7-6-8-11-21)35-29(23)19-31(26)37-32(25)33/h6-8,10-11,14-20H,3-5,9,12-13H2,1-2H3. The SMILES string of the molecule is CCCCC(CC)CCc1cc2cc3c(cc2s1)sc1c2cc4cc(-c5ccccc5)sc4cc2sc31. The highest BCUT2D eigenvalue weighted by molar-refractivity contribution is 7.37. The summed E-state index contributed by atoms with van der Waals surface area (Å²) in [4.78, 5) is 2.91. The Hall–Kier alpha value is -2.24. The van der Waals surface area contributed by atoms with E-state index in [4.69, 9.17) is 0 Å². The summed E-state index contributed by atoms with van der Waals surface area (Å²) in [5.41, 5.74) is 1.31. The smallest absolute Gasteiger partial charge is 0.0542 e. The van der Waals surface area contributed by atoms with Crippen LogP contribution in [-0.4, -0.2) is 0 Å². The second-order valence-electron chi connectivity index (χ2n) is 10.3. The molecule has 7 aromatic rings. The first-order chi connectivity index (χ1) is 18.2. The van der Waals surface area contributed by atoms with E-state index in [2.05, 4.69) is 80.6 Å². The molecular formula is C33H30S4. The quantitative estimate of drug-likeness (QED) is 0.175. The number of rotatable bonds is 8. The van der Waals surface area contributed by atoms with E-state index in [1.165, 1.54) is 98.7 Å². The lowest BCUT2D eigenvalue weighted by Crippen LogP contribution is -2.00. The molecule has 1 unspecified atom stereocenters. The molecule has 0 amide bonds. The minimum Gasteiger partial charge on any atom is -0.140 e. The van der Waals surface area contributed by atoms with Crippen LogP contribution >= 0.6 is 45.3 Å². The van der Waals surface area contributed by atoms with Gasteiger partial charge in [0.15, 0.2) is 0 Å². The van der Waals surface area contributed by atoms with Crippen molar-refractivity contribution in [2.24, 2.45) is 5.92 Å². The van der Waals surface area contributed by atoms with Gasteiger partial charge in [0.1, 0.15) is 0 Å². The Labute approximate surface area is 234 Å². The van der Waals surface area contributed by atoms with Crippen molar-refractivity contribution in [1.29, 1.82) is 0 Å². The highest BCUT2D eigenvalue weighted by atomic mass is 32.1. The molecule has 0 bridgehead atoms. The molecule has 0 fully saturated rings. The van der Waals surface area contributed by atoms with E-state index in [0.717, 1.165) is 5.92 Å². The molecule has 0 saturated heterocycles. The average Bonchev–Trinajstić information content (AvgIpc) is 3.68. The molecule has 3 aromatic carbocycles. The summed E-state index contributed by atoms with van der Waals surface area (Å²) in [6.45, 7) is 4.67. The topological polar surface area (TPSA) is 0 Å². The molecule has 4 aromatic heterocycles. The molecule has 37 heavy (non-hydrogen) atoms. The molecule has 186 valence electrons. The van der Waals surface area contributed by atoms with Crippen molar-refractivity contribution in [2.75, 3.05) is 0 Å². The number of hydrogen-bond donors (Lipinski definition) is 0. The summed E-state index contributed by atoms with van der Waals surface area (Å²) >= 11 is 7.89. The van der Waals surface area contributed by atoms with Gasteiger partial charge < -0.3 is 0 Å². The predicted octanol–water partition coefficient (Wildman–Crippen LogP) is 12.5. The number of unbranched alkanes of at least 4 members (excludes halogenated alkanes) is 1. The second-order valence-corrected chi connectivity index (χ2v) is 14.6. The molecule has 0 saturated carbocycles. The van der Waals surface area contributed by atoms with Crippen molar-refractivity contribution >= 4 is 95.1 Å². The molecule has 0 nitrogen and oxygen atoms in total. The predicted molar refractivity (Wildman–Crippen MR) is 173 cm³/mol. The molecule has 4 heterocycles. The summed E-state index contributed by atoms with van der Waals surface area (Å²) in [5, 5.41) is 5.66. The van der Waals surface area contributed by atoms with Crippen LogP contribution in [0.25, 0.3) is 60.2 Å². The molecule has 0 aliphatic rings. The van der Waals surface area contributed by atoms with E-state index in [0.29, 0.717) is 0 Å². The lowest BCUT2D eigenvalue weighted by molar-refractivity contribution is 0.423. The zero-order chi connectivity index (χ0) is 24.9. The molecule has 0 aliphatic carbocycles. The normalized spacial score (nSPS) is 13.1. The van der Waals surface area contributed by atoms with Crippen LogP contribution in [0.5, 0.6) is 0 Å². The fourth-order valence-electron chi connectivity index (χ4n) is 5.64. The van der Waals surface area contributed by atoms with Gasteiger partial charge in [-0.3, -0.25) is 0 Å². The van der Waals surface area contributed by atoms with Crippen LogP contribution in [0.1, 0.15) is 50.8 Å². The zero-order valence-electron chi connectivity index (χ0n) is 21.3. The van der Waals surface area contributed by atoms with Gasteiger partial charge in [0.2, 0.25) is 0 Å². The van der Waals surface area contributed by atoms with Gasteiger partial charge in [-0.1, -0.05) is 69.9 Å². The van der Waals surface area contributed by atoms with Crippen molar-refractivity contribution in [2.45, 2.75) is 52.4 Å². The highest BCUT2D eigenvalue weighted by Gasteiger charge is 2.16. The van der Waals surface area contributed by atoms with Gasteiger partial charge in [0.25, 0.3) is 0 Å². The summed E-state index contributed by atoms with van der Waals surface area (Å²) in [6, 6.07) is 25.4. The van der Waals surface area contributed by atoms with Crippen molar-refractivity contribution < 1.29 is 0 Å². The van der Waals surface area contributed by atoms with Crippen LogP contribution in [0, 0.1) is 5.92 Å². The molecule has 7 rings (SSSR count). The third-order valence-electron chi connectivity index (χ3n) is 7.81. The molecular weight excluding hydrogens is 525 g/mol. The zero-order valence-corrected chi connectivity index (χ0v) is 24.6. The Morgan fingerprint density at radius 3 is 2.00 bits per heavy atom. The lowest BCUT2D eigenvalue weighted by Gasteiger charge is -2.13. The minimum absolute atomic E-state index is 0.880. The maximum Gasteiger partial charge on any atom is 0.0542 e. The van der Waals surface area contributed by atoms with Gasteiger partial charge in [0.05, 0.1) is 9.40 Å². The largest absolute Gasteiger partial charge is 0.140 e. The Bertz CT molecular complexity index is 1860. The fraction of sp³-hybridized carbons (Fsp3) is 0.273. The Morgan fingerprint density at radius 2 is 1.32 bits per heavy atom. The van der Waals surface area contributed by atoms with E-state index < -0.39 is 0 Å². The van der Waals surface area contributed by atoms with Crippen LogP contribution in [-0.2, 0) is 6.42 Å². The number of aryl methyl sites for hydroxylation is 1. The van der Waals surface area contributed by atoms with Crippen LogP contribution in [0.2, 0.25) is 0 Å². The average molecular weight is 555 g/mol. The van der Waals surface area contributed by atoms with Gasteiger partial charge in [-0.25, -0.2) is 0 Å². The van der Waals surface area contributed by atoms with Crippen LogP contribution < -0.4 is 0 Å². The van der Waals surface area contributed by atoms with E-state index in [1.807, 2.05) is 45.3 Å². The molecule has 0 aliphatic heterocycles. The van der Waals surface area contributed by atoms with Gasteiger partial charge in [0, 0.05) is 39.3 Å². The molecule has 1 atom stereocenters. The van der Waals surface area contributed by atoms with Gasteiger partial charge >= 0.3 is 0 Å². The van der Waals surface area contributed by atoms with E-state index in [9.17, 15) is 0 Å². The minimum atomic E-state index is 0.880. The Morgan fingerprint density at radius 1 is 0.649 bits per heavy atom. The lowest BCUT2D eigenvalue weighted by atomic mass is 9.94. The third kappa shape index (κ3) is 4.32. The van der Waals surface area contributed by atoms with E-state index in [-0.39, 0.29) is 0 Å². The van der Waals surface area contributed by atoms with Crippen molar-refractivity contribution in [3.05, 3.63) is 71.6 Å². The monoisotopic (exact) mass is 554 g/mol. The van der Waals surface area contributed by atoms with Crippen molar-refractivity contribution in [3.8, 4) is 10.4 Å². The van der Waals surface area contributed by atoms with E-state index >= 15 is 0 Å². The summed E-state index contributed by atoms with van der Waals surface area (Å²) in [5.74, 6) is 0.880. The van der Waals surface area contributed by atoms with Gasteiger partial charge in [-0.15, -0.1) is 45.3 Å². The number of benzene rings is 3. The first kappa shape index (κ1) is 23.8. The molecule has 0 spiro atoms. The summed E-state index contributed by atoms with van der Waals surface area (Å²) in [7, 11) is 0. The third-order valence-corrected chi connectivity index (χ3v) is 12.6. The number of hydrogen-bond acceptors (Lipinski definition) is 4. The summed E-state index contributed by atoms with van der Waals surface area (Å²) < 4.78 is 8.63. The first-order valence-electron chi connectivity index (χ1n) is 13.5. The van der Waals surface area contributed by atoms with E-state index in [1.54, 1.807) is 4.88 Å². The second kappa shape index (κ2) is 9.81. The van der Waals surface area contributed by atoms with Gasteiger partial charge in [-0.2, -0.15) is 0 Å². The van der Waals surface area contributed by atoms with Crippen molar-refractivity contribution in [1.82, 2.24) is 0 Å². The Balaban J connectivity index is 1.25.